The summed E-state index contributed by atoms with van der Waals surface area (Å²) >= 11 is 6.88. The summed E-state index contributed by atoms with van der Waals surface area (Å²) in [5, 5.41) is 2.31. The number of imide groups is 2. The van der Waals surface area contributed by atoms with Gasteiger partial charge in [-0.05, 0) is 135 Å². The molecule has 0 spiro atoms. The molecule has 1 heterocycles. The minimum Gasteiger partial charge on any atom is -0.479 e. The van der Waals surface area contributed by atoms with E-state index in [-0.39, 0.29) is 17.6 Å². The highest BCUT2D eigenvalue weighted by Crippen LogP contribution is 2.60. The van der Waals surface area contributed by atoms with Crippen molar-refractivity contribution in [2.24, 2.45) is 17.8 Å². The first-order valence-electron chi connectivity index (χ1n) is 12.8. The third kappa shape index (κ3) is 4.40. The number of hydrogen-bond acceptors (Lipinski definition) is 4. The van der Waals surface area contributed by atoms with Gasteiger partial charge in [-0.3, -0.25) is 14.9 Å². The Hall–Kier alpha value is -2.89. The van der Waals surface area contributed by atoms with Gasteiger partial charge in [0.1, 0.15) is 17.9 Å². The molecule has 1 aliphatic heterocycles. The standard InChI is InChI=1S/C30H26Br2N2O4/c1-2-7-38-26-24(31)12-17(13-25(26)32)11-23-27(35)33-29(37)34(28(23)36)22-5-3-21(4-6-22)30-14-18-8-19(15-30)10-20(9-18)16-30/h1,3-6,11-13,18-20H,7-10,14-16H2,(H,33,35,37)/b23-11+. The van der Waals surface area contributed by atoms with Gasteiger partial charge in [-0.25, -0.2) is 9.69 Å². The Morgan fingerprint density at radius 2 is 1.58 bits per heavy atom. The second-order valence-electron chi connectivity index (χ2n) is 11.0. The summed E-state index contributed by atoms with van der Waals surface area (Å²) < 4.78 is 6.73. The number of rotatable bonds is 5. The number of barbiturate groups is 1. The normalized spacial score (nSPS) is 29.0. The summed E-state index contributed by atoms with van der Waals surface area (Å²) in [7, 11) is 0. The van der Waals surface area contributed by atoms with Gasteiger partial charge >= 0.3 is 6.03 Å². The van der Waals surface area contributed by atoms with E-state index in [9.17, 15) is 14.4 Å². The van der Waals surface area contributed by atoms with Crippen LogP contribution in [0.2, 0.25) is 0 Å². The fourth-order valence-corrected chi connectivity index (χ4v) is 8.85. The summed E-state index contributed by atoms with van der Waals surface area (Å²) in [5.41, 5.74) is 2.41. The molecule has 5 fully saturated rings. The van der Waals surface area contributed by atoms with Crippen LogP contribution >= 0.6 is 31.9 Å². The van der Waals surface area contributed by atoms with Gasteiger partial charge < -0.3 is 4.74 Å². The molecule has 0 radical (unpaired) electrons. The third-order valence-electron chi connectivity index (χ3n) is 8.51. The molecule has 1 saturated heterocycles. The lowest BCUT2D eigenvalue weighted by molar-refractivity contribution is -0.122. The molecule has 2 aromatic rings. The number of nitrogens with zero attached hydrogens (tertiary/aromatic N) is 1. The van der Waals surface area contributed by atoms with E-state index >= 15 is 0 Å². The maximum absolute atomic E-state index is 13.4. The van der Waals surface area contributed by atoms with E-state index in [4.69, 9.17) is 11.2 Å². The molecule has 0 unspecified atom stereocenters. The van der Waals surface area contributed by atoms with Gasteiger partial charge in [-0.15, -0.1) is 6.42 Å². The van der Waals surface area contributed by atoms with Gasteiger partial charge in [0.15, 0.2) is 0 Å². The Morgan fingerprint density at radius 1 is 1.00 bits per heavy atom. The molecule has 6 nitrogen and oxygen atoms in total. The zero-order valence-electron chi connectivity index (χ0n) is 20.6. The number of halogens is 2. The fraction of sp³-hybridized carbons (Fsp3) is 0.367. The number of anilines is 1. The van der Waals surface area contributed by atoms with Crippen LogP contribution in [-0.2, 0) is 15.0 Å². The van der Waals surface area contributed by atoms with E-state index in [1.165, 1.54) is 50.2 Å². The molecule has 4 saturated carbocycles. The van der Waals surface area contributed by atoms with E-state index in [0.29, 0.717) is 25.9 Å². The first kappa shape index (κ1) is 25.4. The van der Waals surface area contributed by atoms with Crippen LogP contribution in [0.1, 0.15) is 49.7 Å². The second-order valence-corrected chi connectivity index (χ2v) is 12.7. The van der Waals surface area contributed by atoms with Gasteiger partial charge in [0.05, 0.1) is 14.6 Å². The number of terminal acetylenes is 1. The molecule has 7 rings (SSSR count). The van der Waals surface area contributed by atoms with E-state index < -0.39 is 17.8 Å². The zero-order chi connectivity index (χ0) is 26.6. The lowest BCUT2D eigenvalue weighted by atomic mass is 9.48. The smallest absolute Gasteiger partial charge is 0.335 e. The van der Waals surface area contributed by atoms with E-state index in [1.807, 2.05) is 12.1 Å². The van der Waals surface area contributed by atoms with Crippen LogP contribution in [0.4, 0.5) is 10.5 Å². The molecular weight excluding hydrogens is 612 g/mol. The van der Waals surface area contributed by atoms with Gasteiger partial charge in [0.2, 0.25) is 0 Å². The molecular formula is C30H26Br2N2O4. The Kier molecular flexibility index (Phi) is 6.48. The molecule has 5 aliphatic rings. The zero-order valence-corrected chi connectivity index (χ0v) is 23.8. The number of ether oxygens (including phenoxy) is 1. The largest absolute Gasteiger partial charge is 0.479 e. The number of urea groups is 1. The highest BCUT2D eigenvalue weighted by atomic mass is 79.9. The van der Waals surface area contributed by atoms with Crippen molar-refractivity contribution in [3.05, 3.63) is 62.0 Å². The Labute approximate surface area is 238 Å². The summed E-state index contributed by atoms with van der Waals surface area (Å²) in [6.07, 6.45) is 14.6. The first-order valence-corrected chi connectivity index (χ1v) is 14.4. The molecule has 8 heteroatoms. The molecule has 4 amide bonds. The lowest BCUT2D eigenvalue weighted by Gasteiger charge is -2.57. The SMILES string of the molecule is C#CCOc1c(Br)cc(/C=C2\C(=O)NC(=O)N(c3ccc(C45CC6CC(CC(C6)C4)C5)cc3)C2=O)cc1Br. The minimum atomic E-state index is -0.750. The van der Waals surface area contributed by atoms with Crippen LogP contribution in [0.25, 0.3) is 6.08 Å². The van der Waals surface area contributed by atoms with E-state index in [1.54, 1.807) is 12.1 Å². The van der Waals surface area contributed by atoms with Crippen molar-refractivity contribution in [3.8, 4) is 18.1 Å². The molecule has 0 atom stereocenters. The summed E-state index contributed by atoms with van der Waals surface area (Å²) in [6.45, 7) is 0.0945. The quantitative estimate of drug-likeness (QED) is 0.235. The molecule has 0 aromatic heterocycles. The van der Waals surface area contributed by atoms with Gasteiger partial charge in [0.25, 0.3) is 11.8 Å². The molecule has 4 aliphatic carbocycles. The molecule has 1 N–H and O–H groups in total. The third-order valence-corrected chi connectivity index (χ3v) is 9.69. The number of carbonyl (C=O) groups excluding carboxylic acids is 3. The topological polar surface area (TPSA) is 75.7 Å². The van der Waals surface area contributed by atoms with Crippen molar-refractivity contribution < 1.29 is 19.1 Å². The maximum atomic E-state index is 13.4. The van der Waals surface area contributed by atoms with Crippen LogP contribution in [0, 0.1) is 30.1 Å². The maximum Gasteiger partial charge on any atom is 0.335 e. The Balaban J connectivity index is 1.27. The number of hydrogen-bond donors (Lipinski definition) is 1. The second kappa shape index (κ2) is 9.69. The lowest BCUT2D eigenvalue weighted by Crippen LogP contribution is -2.54. The monoisotopic (exact) mass is 636 g/mol. The average Bonchev–Trinajstić information content (AvgIpc) is 2.85. The van der Waals surface area contributed by atoms with Crippen molar-refractivity contribution in [2.45, 2.75) is 43.9 Å². The number of nitrogens with one attached hydrogen (secondary N) is 1. The van der Waals surface area contributed by atoms with Gasteiger partial charge in [-0.1, -0.05) is 18.1 Å². The van der Waals surface area contributed by atoms with Gasteiger partial charge in [-0.2, -0.15) is 0 Å². The minimum absolute atomic E-state index is 0.0945. The van der Waals surface area contributed by atoms with E-state index in [2.05, 4.69) is 55.2 Å². The Morgan fingerprint density at radius 3 is 2.13 bits per heavy atom. The molecule has 4 bridgehead atoms. The van der Waals surface area contributed by atoms with Crippen molar-refractivity contribution in [3.63, 3.8) is 0 Å². The highest BCUT2D eigenvalue weighted by molar-refractivity contribution is 9.11. The first-order chi connectivity index (χ1) is 18.3. The molecule has 194 valence electrons. The van der Waals surface area contributed by atoms with Crippen molar-refractivity contribution in [1.29, 1.82) is 0 Å². The van der Waals surface area contributed by atoms with Crippen LogP contribution in [0.15, 0.2) is 50.9 Å². The number of amides is 4. The number of carbonyl (C=O) groups is 3. The average molecular weight is 638 g/mol. The summed E-state index contributed by atoms with van der Waals surface area (Å²) in [5.74, 6) is 4.00. The predicted octanol–water partition coefficient (Wildman–Crippen LogP) is 6.36. The predicted molar refractivity (Wildman–Crippen MR) is 151 cm³/mol. The van der Waals surface area contributed by atoms with Crippen LogP contribution in [0.3, 0.4) is 0 Å². The molecule has 2 aromatic carbocycles. The van der Waals surface area contributed by atoms with Crippen LogP contribution < -0.4 is 15.0 Å². The van der Waals surface area contributed by atoms with Crippen molar-refractivity contribution in [2.75, 3.05) is 11.5 Å². The van der Waals surface area contributed by atoms with Crippen molar-refractivity contribution >= 4 is 61.5 Å². The Bertz CT molecular complexity index is 1360. The van der Waals surface area contributed by atoms with Crippen LogP contribution in [0.5, 0.6) is 5.75 Å². The number of benzene rings is 2. The van der Waals surface area contributed by atoms with E-state index in [0.717, 1.165) is 22.7 Å². The summed E-state index contributed by atoms with van der Waals surface area (Å²) in [4.78, 5) is 39.9. The van der Waals surface area contributed by atoms with Crippen molar-refractivity contribution in [1.82, 2.24) is 5.32 Å². The van der Waals surface area contributed by atoms with Crippen LogP contribution in [-0.4, -0.2) is 24.5 Å². The summed E-state index contributed by atoms with van der Waals surface area (Å²) in [6, 6.07) is 10.5. The highest BCUT2D eigenvalue weighted by Gasteiger charge is 2.51. The van der Waals surface area contributed by atoms with Gasteiger partial charge in [0, 0.05) is 0 Å². The molecule has 38 heavy (non-hydrogen) atoms. The fourth-order valence-electron chi connectivity index (χ4n) is 7.40.